The average Bonchev–Trinajstić information content (AvgIpc) is 2.67. The van der Waals surface area contributed by atoms with Crippen molar-refractivity contribution in [1.82, 2.24) is 0 Å². The zero-order valence-corrected chi connectivity index (χ0v) is 18.8. The van der Waals surface area contributed by atoms with Gasteiger partial charge in [0.15, 0.2) is 0 Å². The van der Waals surface area contributed by atoms with Gasteiger partial charge < -0.3 is 19.5 Å². The number of ether oxygens (including phenoxy) is 3. The monoisotopic (exact) mass is 407 g/mol. The van der Waals surface area contributed by atoms with Gasteiger partial charge in [0, 0.05) is 12.3 Å². The summed E-state index contributed by atoms with van der Waals surface area (Å²) < 4.78 is 16.8. The van der Waals surface area contributed by atoms with E-state index in [4.69, 9.17) is 14.2 Å². The summed E-state index contributed by atoms with van der Waals surface area (Å²) >= 11 is 0. The fourth-order valence-electron chi connectivity index (χ4n) is 2.89. The number of hydrogen-bond donors (Lipinski definition) is 1. The molecule has 1 atom stereocenters. The van der Waals surface area contributed by atoms with E-state index in [0.717, 1.165) is 25.7 Å². The molecule has 0 fully saturated rings. The molecular formula is C23H37NO5. The zero-order valence-electron chi connectivity index (χ0n) is 18.8. The van der Waals surface area contributed by atoms with Crippen LogP contribution in [0.3, 0.4) is 0 Å². The maximum absolute atomic E-state index is 13.0. The Morgan fingerprint density at radius 1 is 1.10 bits per heavy atom. The van der Waals surface area contributed by atoms with Crippen molar-refractivity contribution in [3.63, 3.8) is 0 Å². The molecule has 6 heteroatoms. The Kier molecular flexibility index (Phi) is 10.7. The minimum Gasteiger partial charge on any atom is -0.490 e. The Morgan fingerprint density at radius 2 is 1.83 bits per heavy atom. The number of rotatable bonds is 13. The van der Waals surface area contributed by atoms with Crippen molar-refractivity contribution in [2.75, 3.05) is 18.5 Å². The number of benzene rings is 1. The Hall–Kier alpha value is -2.08. The molecule has 6 nitrogen and oxygen atoms in total. The van der Waals surface area contributed by atoms with Gasteiger partial charge in [-0.25, -0.2) is 4.79 Å². The first-order valence-electron chi connectivity index (χ1n) is 10.7. The fourth-order valence-corrected chi connectivity index (χ4v) is 2.89. The smallest absolute Gasteiger partial charge is 0.341 e. The Morgan fingerprint density at radius 3 is 2.41 bits per heavy atom. The van der Waals surface area contributed by atoms with E-state index in [2.05, 4.69) is 12.2 Å². The highest BCUT2D eigenvalue weighted by molar-refractivity contribution is 5.99. The number of anilines is 1. The minimum atomic E-state index is -0.914. The van der Waals surface area contributed by atoms with Crippen molar-refractivity contribution < 1.29 is 23.8 Å². The van der Waals surface area contributed by atoms with Gasteiger partial charge in [-0.3, -0.25) is 4.79 Å². The van der Waals surface area contributed by atoms with Gasteiger partial charge in [0.25, 0.3) is 5.91 Å². The lowest BCUT2D eigenvalue weighted by Gasteiger charge is -2.29. The Balaban J connectivity index is 3.07. The van der Waals surface area contributed by atoms with E-state index in [9.17, 15) is 9.59 Å². The van der Waals surface area contributed by atoms with Crippen LogP contribution in [-0.4, -0.2) is 36.8 Å². The summed E-state index contributed by atoms with van der Waals surface area (Å²) in [6.45, 7) is 12.3. The highest BCUT2D eigenvalue weighted by atomic mass is 16.5. The molecular weight excluding hydrogens is 370 g/mol. The van der Waals surface area contributed by atoms with E-state index in [-0.39, 0.29) is 18.6 Å². The van der Waals surface area contributed by atoms with E-state index < -0.39 is 11.6 Å². The van der Waals surface area contributed by atoms with Gasteiger partial charge in [-0.15, -0.1) is 0 Å². The van der Waals surface area contributed by atoms with Gasteiger partial charge in [0.1, 0.15) is 16.9 Å². The van der Waals surface area contributed by atoms with Crippen molar-refractivity contribution in [3.05, 3.63) is 23.8 Å². The van der Waals surface area contributed by atoms with E-state index in [0.29, 0.717) is 30.0 Å². The molecule has 1 aromatic carbocycles. The number of hydrogen-bond acceptors (Lipinski definition) is 5. The summed E-state index contributed by atoms with van der Waals surface area (Å²) in [5.74, 6) is -0.258. The molecule has 1 rings (SSSR count). The first-order valence-corrected chi connectivity index (χ1v) is 10.7. The molecule has 0 aliphatic carbocycles. The van der Waals surface area contributed by atoms with Crippen LogP contribution in [0.1, 0.15) is 84.0 Å². The predicted octanol–water partition coefficient (Wildman–Crippen LogP) is 5.35. The fraction of sp³-hybridized carbons (Fsp3) is 0.652. The number of esters is 1. The standard InChI is InChI=1S/C23H37NO5/c1-7-10-11-14-23(6,28-15-8-2)22(26)24-18-12-13-20(29-17(4)5)19(16-18)21(25)27-9-3/h12-13,16-17H,7-11,14-15H2,1-6H3,(H,24,26). The third kappa shape index (κ3) is 8.05. The summed E-state index contributed by atoms with van der Waals surface area (Å²) in [6, 6.07) is 5.01. The second-order valence-electron chi connectivity index (χ2n) is 7.59. The first-order chi connectivity index (χ1) is 13.8. The van der Waals surface area contributed by atoms with Crippen molar-refractivity contribution in [3.8, 4) is 5.75 Å². The van der Waals surface area contributed by atoms with Crippen LogP contribution in [0.4, 0.5) is 5.69 Å². The molecule has 0 spiro atoms. The molecule has 0 aromatic heterocycles. The molecule has 1 amide bonds. The van der Waals surface area contributed by atoms with Gasteiger partial charge in [0.05, 0.1) is 12.7 Å². The molecule has 0 aliphatic rings. The third-order valence-electron chi connectivity index (χ3n) is 4.46. The maximum atomic E-state index is 13.0. The lowest BCUT2D eigenvalue weighted by molar-refractivity contribution is -0.140. The van der Waals surface area contributed by atoms with Crippen LogP contribution in [-0.2, 0) is 14.3 Å². The molecule has 0 saturated heterocycles. The van der Waals surface area contributed by atoms with Crippen molar-refractivity contribution in [2.45, 2.75) is 85.4 Å². The molecule has 1 aromatic rings. The van der Waals surface area contributed by atoms with Crippen molar-refractivity contribution in [1.29, 1.82) is 0 Å². The minimum absolute atomic E-state index is 0.0899. The van der Waals surface area contributed by atoms with Gasteiger partial charge >= 0.3 is 5.97 Å². The average molecular weight is 408 g/mol. The predicted molar refractivity (Wildman–Crippen MR) is 116 cm³/mol. The molecule has 1 unspecified atom stereocenters. The molecule has 0 bridgehead atoms. The summed E-state index contributed by atoms with van der Waals surface area (Å²) in [6.07, 6.45) is 4.43. The molecule has 29 heavy (non-hydrogen) atoms. The van der Waals surface area contributed by atoms with Crippen LogP contribution in [0.2, 0.25) is 0 Å². The molecule has 1 N–H and O–H groups in total. The zero-order chi connectivity index (χ0) is 21.9. The van der Waals surface area contributed by atoms with Crippen molar-refractivity contribution in [2.24, 2.45) is 0 Å². The largest absolute Gasteiger partial charge is 0.490 e. The highest BCUT2D eigenvalue weighted by Gasteiger charge is 2.33. The molecule has 164 valence electrons. The van der Waals surface area contributed by atoms with Gasteiger partial charge in [-0.1, -0.05) is 33.1 Å². The summed E-state index contributed by atoms with van der Waals surface area (Å²) in [5.41, 5.74) is -0.112. The van der Waals surface area contributed by atoms with E-state index >= 15 is 0 Å². The normalized spacial score (nSPS) is 13.1. The van der Waals surface area contributed by atoms with Gasteiger partial charge in [-0.05, 0) is 58.7 Å². The van der Waals surface area contributed by atoms with Gasteiger partial charge in [0.2, 0.25) is 0 Å². The van der Waals surface area contributed by atoms with Crippen LogP contribution >= 0.6 is 0 Å². The third-order valence-corrected chi connectivity index (χ3v) is 4.46. The first kappa shape index (κ1) is 25.0. The summed E-state index contributed by atoms with van der Waals surface area (Å²) in [4.78, 5) is 25.4. The number of carbonyl (C=O) groups is 2. The van der Waals surface area contributed by atoms with Crippen LogP contribution in [0.15, 0.2) is 18.2 Å². The lowest BCUT2D eigenvalue weighted by Crippen LogP contribution is -2.43. The molecule has 0 aliphatic heterocycles. The van der Waals surface area contributed by atoms with E-state index in [1.165, 1.54) is 0 Å². The Bertz CT molecular complexity index is 659. The SMILES string of the molecule is CCCCCC(C)(OCCC)C(=O)Nc1ccc(OC(C)C)c(C(=O)OCC)c1. The van der Waals surface area contributed by atoms with Crippen LogP contribution in [0, 0.1) is 0 Å². The number of unbranched alkanes of at least 4 members (excludes halogenated alkanes) is 2. The van der Waals surface area contributed by atoms with E-state index in [1.807, 2.05) is 27.7 Å². The number of carbonyl (C=O) groups excluding carboxylic acids is 2. The summed E-state index contributed by atoms with van der Waals surface area (Å²) in [5, 5.41) is 2.91. The second-order valence-corrected chi connectivity index (χ2v) is 7.59. The number of nitrogens with one attached hydrogen (secondary N) is 1. The topological polar surface area (TPSA) is 73.9 Å². The van der Waals surface area contributed by atoms with Crippen molar-refractivity contribution >= 4 is 17.6 Å². The molecule has 0 heterocycles. The van der Waals surface area contributed by atoms with Crippen LogP contribution in [0.5, 0.6) is 5.75 Å². The highest BCUT2D eigenvalue weighted by Crippen LogP contribution is 2.27. The Labute approximate surface area is 175 Å². The number of amides is 1. The van der Waals surface area contributed by atoms with Gasteiger partial charge in [-0.2, -0.15) is 0 Å². The van der Waals surface area contributed by atoms with Crippen LogP contribution in [0.25, 0.3) is 0 Å². The quantitative estimate of drug-likeness (QED) is 0.352. The lowest BCUT2D eigenvalue weighted by atomic mass is 9.96. The molecule has 0 radical (unpaired) electrons. The van der Waals surface area contributed by atoms with Crippen LogP contribution < -0.4 is 10.1 Å². The summed E-state index contributed by atoms with van der Waals surface area (Å²) in [7, 11) is 0. The molecule has 0 saturated carbocycles. The van der Waals surface area contributed by atoms with E-state index in [1.54, 1.807) is 25.1 Å². The maximum Gasteiger partial charge on any atom is 0.341 e. The second kappa shape index (κ2) is 12.5.